The summed E-state index contributed by atoms with van der Waals surface area (Å²) >= 11 is 0. The van der Waals surface area contributed by atoms with Gasteiger partial charge in [0.1, 0.15) is 6.10 Å². The molecule has 3 atom stereocenters. The Balaban J connectivity index is 2.68. The quantitative estimate of drug-likeness (QED) is 0.261. The predicted molar refractivity (Wildman–Crippen MR) is 33.2 cm³/mol. The van der Waals surface area contributed by atoms with Crippen molar-refractivity contribution in [1.29, 1.82) is 0 Å². The number of nitrogens with zero attached hydrogens (tertiary/aromatic N) is 1. The molecule has 0 spiro atoms. The number of hydrogen-bond acceptors (Lipinski definition) is 6. The van der Waals surface area contributed by atoms with Crippen molar-refractivity contribution in [2.75, 3.05) is 6.61 Å². The second-order valence-corrected chi connectivity index (χ2v) is 2.21. The summed E-state index contributed by atoms with van der Waals surface area (Å²) in [4.78, 5) is 0. The molecule has 0 aromatic carbocycles. The summed E-state index contributed by atoms with van der Waals surface area (Å²) in [6.45, 7) is -0.433. The zero-order valence-electron chi connectivity index (χ0n) is 5.58. The van der Waals surface area contributed by atoms with Crippen molar-refractivity contribution in [3.8, 4) is 0 Å². The van der Waals surface area contributed by atoms with Crippen LogP contribution in [-0.2, 0) is 4.74 Å². The molecule has 0 amide bonds. The van der Waals surface area contributed by atoms with Crippen molar-refractivity contribution in [2.24, 2.45) is 5.16 Å². The van der Waals surface area contributed by atoms with Crippen LogP contribution in [0.15, 0.2) is 5.16 Å². The van der Waals surface area contributed by atoms with Gasteiger partial charge in [-0.1, -0.05) is 5.16 Å². The van der Waals surface area contributed by atoms with Gasteiger partial charge in [0.2, 0.25) is 0 Å². The molecule has 0 unspecified atom stereocenters. The Labute approximate surface area is 62.3 Å². The van der Waals surface area contributed by atoms with Crippen molar-refractivity contribution >= 4 is 5.90 Å². The summed E-state index contributed by atoms with van der Waals surface area (Å²) < 4.78 is 4.63. The lowest BCUT2D eigenvalue weighted by atomic mass is 10.1. The van der Waals surface area contributed by atoms with E-state index in [4.69, 9.17) is 20.5 Å². The van der Waals surface area contributed by atoms with Gasteiger partial charge in [-0.2, -0.15) is 0 Å². The van der Waals surface area contributed by atoms with Crippen LogP contribution in [0.5, 0.6) is 0 Å². The molecule has 1 heterocycles. The van der Waals surface area contributed by atoms with Gasteiger partial charge in [-0.25, -0.2) is 0 Å². The predicted octanol–water partition coefficient (Wildman–Crippen LogP) is -2.11. The first kappa shape index (κ1) is 8.25. The first-order valence-electron chi connectivity index (χ1n) is 3.06. The highest BCUT2D eigenvalue weighted by Crippen LogP contribution is 2.15. The third-order valence-corrected chi connectivity index (χ3v) is 1.51. The number of oxime groups is 1. The number of hydrogen-bond donors (Lipinski definition) is 4. The SMILES string of the molecule is OC[C@H]1O/C(=N/O)[C@H](O)[C@@H]1O. The van der Waals surface area contributed by atoms with Crippen LogP contribution in [0.25, 0.3) is 0 Å². The molecule has 0 bridgehead atoms. The van der Waals surface area contributed by atoms with Gasteiger partial charge in [0, 0.05) is 0 Å². The van der Waals surface area contributed by atoms with Crippen LogP contribution in [0.1, 0.15) is 0 Å². The summed E-state index contributed by atoms with van der Waals surface area (Å²) in [5.41, 5.74) is 0. The van der Waals surface area contributed by atoms with Gasteiger partial charge in [0.25, 0.3) is 5.90 Å². The van der Waals surface area contributed by atoms with Gasteiger partial charge in [-0.05, 0) is 0 Å². The monoisotopic (exact) mass is 163 g/mol. The van der Waals surface area contributed by atoms with Crippen LogP contribution >= 0.6 is 0 Å². The fourth-order valence-corrected chi connectivity index (χ4v) is 0.872. The minimum Gasteiger partial charge on any atom is -0.468 e. The van der Waals surface area contributed by atoms with Crippen LogP contribution < -0.4 is 0 Å². The van der Waals surface area contributed by atoms with E-state index in [9.17, 15) is 0 Å². The lowest BCUT2D eigenvalue weighted by Gasteiger charge is -2.08. The Morgan fingerprint density at radius 3 is 2.36 bits per heavy atom. The molecule has 0 aliphatic carbocycles. The zero-order valence-corrected chi connectivity index (χ0v) is 5.58. The van der Waals surface area contributed by atoms with E-state index < -0.39 is 24.9 Å². The fraction of sp³-hybridized carbons (Fsp3) is 0.800. The Morgan fingerprint density at radius 2 is 2.09 bits per heavy atom. The maximum absolute atomic E-state index is 9.03. The standard InChI is InChI=1S/C5H9NO5/c7-1-2-3(8)4(9)5(6-10)11-2/h2-4,7-10H,1H2/b6-5+/t2-,3-,4-/m1/s1. The summed E-state index contributed by atoms with van der Waals surface area (Å²) in [6, 6.07) is 0. The Kier molecular flexibility index (Phi) is 2.28. The molecule has 1 fully saturated rings. The van der Waals surface area contributed by atoms with Gasteiger partial charge in [-0.3, -0.25) is 0 Å². The van der Waals surface area contributed by atoms with Gasteiger partial charge in [-0.15, -0.1) is 0 Å². The molecule has 1 rings (SSSR count). The van der Waals surface area contributed by atoms with Crippen LogP contribution in [0.3, 0.4) is 0 Å². The van der Waals surface area contributed by atoms with Gasteiger partial charge in [0.05, 0.1) is 6.61 Å². The van der Waals surface area contributed by atoms with E-state index >= 15 is 0 Å². The summed E-state index contributed by atoms with van der Waals surface area (Å²) in [5, 5.41) is 37.3. The van der Waals surface area contributed by atoms with E-state index in [2.05, 4.69) is 9.89 Å². The Bertz CT molecular complexity index is 170. The number of aliphatic hydroxyl groups is 3. The molecule has 0 radical (unpaired) electrons. The van der Waals surface area contributed by atoms with E-state index in [1.807, 2.05) is 0 Å². The molecule has 1 aliphatic rings. The third kappa shape index (κ3) is 1.28. The number of ether oxygens (including phenoxy) is 1. The normalized spacial score (nSPS) is 41.0. The first-order valence-corrected chi connectivity index (χ1v) is 3.06. The molecule has 1 aliphatic heterocycles. The number of rotatable bonds is 1. The summed E-state index contributed by atoms with van der Waals surface area (Å²) in [7, 11) is 0. The van der Waals surface area contributed by atoms with Crippen molar-refractivity contribution in [3.05, 3.63) is 0 Å². The van der Waals surface area contributed by atoms with Crippen molar-refractivity contribution < 1.29 is 25.3 Å². The van der Waals surface area contributed by atoms with Crippen LogP contribution in [0.2, 0.25) is 0 Å². The maximum Gasteiger partial charge on any atom is 0.258 e. The maximum atomic E-state index is 9.03. The minimum absolute atomic E-state index is 0.364. The molecule has 1 saturated heterocycles. The smallest absolute Gasteiger partial charge is 0.258 e. The average Bonchev–Trinajstić information content (AvgIpc) is 2.30. The second kappa shape index (κ2) is 3.04. The molecular weight excluding hydrogens is 154 g/mol. The van der Waals surface area contributed by atoms with Crippen molar-refractivity contribution in [2.45, 2.75) is 18.3 Å². The lowest BCUT2D eigenvalue weighted by Crippen LogP contribution is -2.32. The van der Waals surface area contributed by atoms with Gasteiger partial charge >= 0.3 is 0 Å². The lowest BCUT2D eigenvalue weighted by molar-refractivity contribution is -0.00141. The highest BCUT2D eigenvalue weighted by atomic mass is 16.6. The van der Waals surface area contributed by atoms with Gasteiger partial charge < -0.3 is 25.3 Å². The van der Waals surface area contributed by atoms with E-state index in [0.717, 1.165) is 0 Å². The van der Waals surface area contributed by atoms with E-state index in [1.165, 1.54) is 0 Å². The molecule has 6 nitrogen and oxygen atoms in total. The van der Waals surface area contributed by atoms with Crippen molar-refractivity contribution in [1.82, 2.24) is 0 Å². The van der Waals surface area contributed by atoms with Gasteiger partial charge in [0.15, 0.2) is 12.2 Å². The highest BCUT2D eigenvalue weighted by Gasteiger charge is 2.40. The second-order valence-electron chi connectivity index (χ2n) is 2.21. The summed E-state index contributed by atoms with van der Waals surface area (Å²) in [6.07, 6.45) is -3.49. The van der Waals surface area contributed by atoms with Crippen LogP contribution in [-0.4, -0.2) is 51.3 Å². The molecular formula is C5H9NO5. The van der Waals surface area contributed by atoms with E-state index in [1.54, 1.807) is 0 Å². The molecule has 11 heavy (non-hydrogen) atoms. The van der Waals surface area contributed by atoms with Crippen LogP contribution in [0.4, 0.5) is 0 Å². The Morgan fingerprint density at radius 1 is 1.45 bits per heavy atom. The molecule has 4 N–H and O–H groups in total. The average molecular weight is 163 g/mol. The molecule has 64 valence electrons. The molecule has 0 aromatic heterocycles. The topological polar surface area (TPSA) is 103 Å². The zero-order chi connectivity index (χ0) is 8.43. The summed E-state index contributed by atoms with van der Waals surface area (Å²) in [5.74, 6) is -0.364. The van der Waals surface area contributed by atoms with E-state index in [0.29, 0.717) is 0 Å². The first-order chi connectivity index (χ1) is 5.20. The highest BCUT2D eigenvalue weighted by molar-refractivity contribution is 5.83. The molecule has 0 aromatic rings. The van der Waals surface area contributed by atoms with E-state index in [-0.39, 0.29) is 5.90 Å². The Hall–Kier alpha value is -0.850. The van der Waals surface area contributed by atoms with Crippen LogP contribution in [0, 0.1) is 0 Å². The molecule has 6 heteroatoms. The largest absolute Gasteiger partial charge is 0.468 e. The fourth-order valence-electron chi connectivity index (χ4n) is 0.872. The molecule has 0 saturated carbocycles. The third-order valence-electron chi connectivity index (χ3n) is 1.51. The minimum atomic E-state index is -1.35. The number of aliphatic hydroxyl groups excluding tert-OH is 3. The van der Waals surface area contributed by atoms with Crippen molar-refractivity contribution in [3.63, 3.8) is 0 Å².